The zero-order valence-electron chi connectivity index (χ0n) is 11.1. The van der Waals surface area contributed by atoms with Crippen molar-refractivity contribution in [2.75, 3.05) is 0 Å². The van der Waals surface area contributed by atoms with Crippen LogP contribution in [0.15, 0.2) is 60.7 Å². The molecule has 3 nitrogen and oxygen atoms in total. The Hall–Kier alpha value is -2.94. The van der Waals surface area contributed by atoms with E-state index in [0.717, 1.165) is 22.0 Å². The summed E-state index contributed by atoms with van der Waals surface area (Å²) in [6.07, 6.45) is 1.84. The number of hydrogen-bond acceptors (Lipinski definition) is 3. The van der Waals surface area contributed by atoms with E-state index in [0.29, 0.717) is 11.5 Å². The molecular weight excluding hydrogens is 262 g/mol. The number of rotatable bonds is 1. The van der Waals surface area contributed by atoms with Crippen molar-refractivity contribution in [2.24, 2.45) is 0 Å². The zero-order valence-corrected chi connectivity index (χ0v) is 11.1. The van der Waals surface area contributed by atoms with E-state index in [1.165, 1.54) is 0 Å². The summed E-state index contributed by atoms with van der Waals surface area (Å²) in [5, 5.41) is 0.994. The second kappa shape index (κ2) is 4.56. The monoisotopic (exact) mass is 273 g/mol. The maximum absolute atomic E-state index is 12.1. The lowest BCUT2D eigenvalue weighted by Crippen LogP contribution is -2.00. The molecule has 1 aromatic heterocycles. The molecule has 0 saturated heterocycles. The van der Waals surface area contributed by atoms with Gasteiger partial charge in [0.25, 0.3) is 0 Å². The van der Waals surface area contributed by atoms with E-state index in [1.807, 2.05) is 66.7 Å². The van der Waals surface area contributed by atoms with Crippen molar-refractivity contribution in [3.8, 4) is 5.88 Å². The van der Waals surface area contributed by atoms with Crippen LogP contribution in [0.4, 0.5) is 0 Å². The average molecular weight is 273 g/mol. The predicted octanol–water partition coefficient (Wildman–Crippen LogP) is 3.69. The van der Waals surface area contributed by atoms with Crippen LogP contribution in [0.2, 0.25) is 0 Å². The summed E-state index contributed by atoms with van der Waals surface area (Å²) in [7, 11) is 0. The molecule has 0 saturated carbocycles. The molecule has 0 amide bonds. The topological polar surface area (TPSA) is 39.2 Å². The second-order valence-electron chi connectivity index (χ2n) is 4.89. The minimum absolute atomic E-state index is 0.350. The lowest BCUT2D eigenvalue weighted by Gasteiger charge is -2.00. The van der Waals surface area contributed by atoms with Gasteiger partial charge in [0.1, 0.15) is 0 Å². The molecule has 3 aromatic rings. The Bertz CT molecular complexity index is 882. The van der Waals surface area contributed by atoms with Crippen molar-refractivity contribution in [1.29, 1.82) is 0 Å². The Morgan fingerprint density at radius 3 is 2.57 bits per heavy atom. The van der Waals surface area contributed by atoms with Crippen molar-refractivity contribution in [3.63, 3.8) is 0 Å². The number of benzene rings is 2. The van der Waals surface area contributed by atoms with Crippen LogP contribution in [0.3, 0.4) is 0 Å². The molecule has 0 N–H and O–H groups in total. The number of aromatic nitrogens is 1. The minimum atomic E-state index is -0.350. The summed E-state index contributed by atoms with van der Waals surface area (Å²) < 4.78 is 5.28. The van der Waals surface area contributed by atoms with E-state index in [9.17, 15) is 4.79 Å². The van der Waals surface area contributed by atoms with Crippen LogP contribution in [-0.2, 0) is 4.79 Å². The first kappa shape index (κ1) is 11.9. The smallest absolute Gasteiger partial charge is 0.345 e. The summed E-state index contributed by atoms with van der Waals surface area (Å²) in [4.78, 5) is 16.5. The highest BCUT2D eigenvalue weighted by atomic mass is 16.5. The van der Waals surface area contributed by atoms with E-state index in [4.69, 9.17) is 4.74 Å². The van der Waals surface area contributed by atoms with Gasteiger partial charge in [-0.3, -0.25) is 0 Å². The largest absolute Gasteiger partial charge is 0.403 e. The minimum Gasteiger partial charge on any atom is -0.403 e. The number of carbonyl (C=O) groups excluding carboxylic acids is 1. The van der Waals surface area contributed by atoms with Gasteiger partial charge in [0.15, 0.2) is 0 Å². The van der Waals surface area contributed by atoms with Gasteiger partial charge in [-0.1, -0.05) is 48.5 Å². The molecule has 21 heavy (non-hydrogen) atoms. The summed E-state index contributed by atoms with van der Waals surface area (Å²) in [5.41, 5.74) is 3.09. The fourth-order valence-corrected chi connectivity index (χ4v) is 2.47. The molecule has 0 fully saturated rings. The molecular formula is C18H11NO2. The van der Waals surface area contributed by atoms with Gasteiger partial charge in [-0.25, -0.2) is 9.78 Å². The standard InChI is InChI=1S/C18H11NO2/c20-18-15(10-12-6-2-1-3-7-12)14-11-13-8-4-5-9-16(13)19-17(14)21-18/h1-11H/b15-10-. The van der Waals surface area contributed by atoms with E-state index in [1.54, 1.807) is 0 Å². The summed E-state index contributed by atoms with van der Waals surface area (Å²) in [5.74, 6) is 0.0394. The lowest BCUT2D eigenvalue weighted by atomic mass is 10.0. The normalized spacial score (nSPS) is 15.2. The van der Waals surface area contributed by atoms with Gasteiger partial charge in [-0.15, -0.1) is 0 Å². The van der Waals surface area contributed by atoms with Gasteiger partial charge >= 0.3 is 5.97 Å². The van der Waals surface area contributed by atoms with E-state index < -0.39 is 0 Å². The van der Waals surface area contributed by atoms with Gasteiger partial charge < -0.3 is 4.74 Å². The highest BCUT2D eigenvalue weighted by Crippen LogP contribution is 2.35. The third-order valence-corrected chi connectivity index (χ3v) is 3.50. The van der Waals surface area contributed by atoms with E-state index in [2.05, 4.69) is 4.98 Å². The van der Waals surface area contributed by atoms with Crippen LogP contribution in [0.5, 0.6) is 5.88 Å². The second-order valence-corrected chi connectivity index (χ2v) is 4.89. The maximum atomic E-state index is 12.1. The SMILES string of the molecule is O=C1Oc2nc3ccccc3cc2/C1=C/c1ccccc1. The molecule has 0 aliphatic carbocycles. The number of nitrogens with zero attached hydrogens (tertiary/aromatic N) is 1. The molecule has 4 rings (SSSR count). The van der Waals surface area contributed by atoms with Gasteiger partial charge in [-0.05, 0) is 23.8 Å². The summed E-state index contributed by atoms with van der Waals surface area (Å²) >= 11 is 0. The first-order chi connectivity index (χ1) is 10.3. The van der Waals surface area contributed by atoms with Crippen molar-refractivity contribution in [2.45, 2.75) is 0 Å². The maximum Gasteiger partial charge on any atom is 0.345 e. The quantitative estimate of drug-likeness (QED) is 0.501. The predicted molar refractivity (Wildman–Crippen MR) is 81.7 cm³/mol. The molecule has 0 atom stereocenters. The number of hydrogen-bond donors (Lipinski definition) is 0. The number of carbonyl (C=O) groups is 1. The fourth-order valence-electron chi connectivity index (χ4n) is 2.47. The molecule has 0 bridgehead atoms. The van der Waals surface area contributed by atoms with Crippen molar-refractivity contribution < 1.29 is 9.53 Å². The van der Waals surface area contributed by atoms with Gasteiger partial charge in [0.2, 0.25) is 5.88 Å². The Morgan fingerprint density at radius 1 is 0.952 bits per heavy atom. The van der Waals surface area contributed by atoms with Crippen LogP contribution in [0.1, 0.15) is 11.1 Å². The highest BCUT2D eigenvalue weighted by Gasteiger charge is 2.28. The molecule has 3 heteroatoms. The Balaban J connectivity index is 1.91. The lowest BCUT2D eigenvalue weighted by molar-refractivity contribution is -0.127. The average Bonchev–Trinajstić information content (AvgIpc) is 2.81. The molecule has 1 aliphatic rings. The molecule has 2 heterocycles. The van der Waals surface area contributed by atoms with Gasteiger partial charge in [-0.2, -0.15) is 0 Å². The van der Waals surface area contributed by atoms with Crippen molar-refractivity contribution in [3.05, 3.63) is 71.8 Å². The number of para-hydroxylation sites is 1. The van der Waals surface area contributed by atoms with E-state index in [-0.39, 0.29) is 5.97 Å². The first-order valence-electron chi connectivity index (χ1n) is 6.70. The molecule has 0 unspecified atom stereocenters. The number of fused-ring (bicyclic) bond motifs is 2. The third-order valence-electron chi connectivity index (χ3n) is 3.50. The van der Waals surface area contributed by atoms with E-state index >= 15 is 0 Å². The van der Waals surface area contributed by atoms with Gasteiger partial charge in [0.05, 0.1) is 16.7 Å². The summed E-state index contributed by atoms with van der Waals surface area (Å²) in [6, 6.07) is 19.4. The molecule has 0 radical (unpaired) electrons. The molecule has 0 spiro atoms. The van der Waals surface area contributed by atoms with Crippen molar-refractivity contribution in [1.82, 2.24) is 4.98 Å². The number of esters is 1. The van der Waals surface area contributed by atoms with Crippen LogP contribution < -0.4 is 4.74 Å². The first-order valence-corrected chi connectivity index (χ1v) is 6.70. The zero-order chi connectivity index (χ0) is 14.2. The van der Waals surface area contributed by atoms with Crippen LogP contribution in [0.25, 0.3) is 22.6 Å². The van der Waals surface area contributed by atoms with Crippen LogP contribution in [-0.4, -0.2) is 11.0 Å². The summed E-state index contributed by atoms with van der Waals surface area (Å²) in [6.45, 7) is 0. The Kier molecular flexibility index (Phi) is 2.57. The van der Waals surface area contributed by atoms with Gasteiger partial charge in [0, 0.05) is 5.39 Å². The number of ether oxygens (including phenoxy) is 1. The van der Waals surface area contributed by atoms with Crippen LogP contribution >= 0.6 is 0 Å². The molecule has 100 valence electrons. The Morgan fingerprint density at radius 2 is 1.71 bits per heavy atom. The molecule has 2 aromatic carbocycles. The number of pyridine rings is 1. The van der Waals surface area contributed by atoms with Crippen molar-refractivity contribution >= 4 is 28.5 Å². The van der Waals surface area contributed by atoms with Crippen LogP contribution in [0, 0.1) is 0 Å². The fraction of sp³-hybridized carbons (Fsp3) is 0. The molecule has 1 aliphatic heterocycles. The highest BCUT2D eigenvalue weighted by molar-refractivity contribution is 6.26. The Labute approximate surface area is 121 Å². The third kappa shape index (κ3) is 1.99.